The molecule has 1 unspecified atom stereocenters. The van der Waals surface area contributed by atoms with Crippen LogP contribution in [0.1, 0.15) is 22.9 Å². The van der Waals surface area contributed by atoms with E-state index in [1.807, 2.05) is 0 Å². The van der Waals surface area contributed by atoms with Gasteiger partial charge in [0.05, 0.1) is 11.6 Å². The molecule has 0 bridgehead atoms. The summed E-state index contributed by atoms with van der Waals surface area (Å²) in [7, 11) is 0. The number of nitrogens with zero attached hydrogens (tertiary/aromatic N) is 1. The molecule has 3 nitrogen and oxygen atoms in total. The van der Waals surface area contributed by atoms with Gasteiger partial charge in [0, 0.05) is 17.2 Å². The van der Waals surface area contributed by atoms with Gasteiger partial charge in [-0.3, -0.25) is 0 Å². The number of rotatable bonds is 2. The summed E-state index contributed by atoms with van der Waals surface area (Å²) in [6.07, 6.45) is -2.14. The highest BCUT2D eigenvalue weighted by molar-refractivity contribution is 5.73. The van der Waals surface area contributed by atoms with Crippen LogP contribution in [0.3, 0.4) is 0 Å². The highest BCUT2D eigenvalue weighted by Gasteiger charge is 2.35. The largest absolute Gasteiger partial charge is 0.505 e. The summed E-state index contributed by atoms with van der Waals surface area (Å²) in [6, 6.07) is 9.24. The van der Waals surface area contributed by atoms with Crippen molar-refractivity contribution in [3.63, 3.8) is 0 Å². The summed E-state index contributed by atoms with van der Waals surface area (Å²) < 4.78 is 46.2. The first kappa shape index (κ1) is 14.0. The van der Waals surface area contributed by atoms with E-state index in [0.29, 0.717) is 0 Å². The third kappa shape index (κ3) is 2.17. The minimum atomic E-state index is -2.14. The number of nitriles is 1. The molecule has 110 valence electrons. The van der Waals surface area contributed by atoms with E-state index in [0.717, 1.165) is 12.1 Å². The second-order valence-corrected chi connectivity index (χ2v) is 4.67. The number of alkyl halides is 1. The van der Waals surface area contributed by atoms with Crippen molar-refractivity contribution in [1.82, 2.24) is 0 Å². The van der Waals surface area contributed by atoms with Crippen LogP contribution in [0.25, 0.3) is 5.76 Å². The molecule has 0 spiro atoms. The lowest BCUT2D eigenvalue weighted by Gasteiger charge is -2.12. The Morgan fingerprint density at radius 3 is 2.68 bits per heavy atom. The summed E-state index contributed by atoms with van der Waals surface area (Å²) >= 11 is 0. The van der Waals surface area contributed by atoms with Crippen molar-refractivity contribution >= 4 is 5.76 Å². The first-order valence-corrected chi connectivity index (χ1v) is 6.26. The molecule has 1 aliphatic rings. The van der Waals surface area contributed by atoms with Crippen molar-refractivity contribution in [2.24, 2.45) is 0 Å². The van der Waals surface area contributed by atoms with Crippen molar-refractivity contribution in [3.8, 4) is 17.6 Å². The summed E-state index contributed by atoms with van der Waals surface area (Å²) in [5.41, 5.74) is -0.147. The van der Waals surface area contributed by atoms with Crippen LogP contribution in [0.5, 0.6) is 11.5 Å². The van der Waals surface area contributed by atoms with Gasteiger partial charge >= 0.3 is 0 Å². The summed E-state index contributed by atoms with van der Waals surface area (Å²) in [5, 5.41) is 18.3. The molecule has 0 radical (unpaired) electrons. The van der Waals surface area contributed by atoms with Gasteiger partial charge in [0.1, 0.15) is 17.3 Å². The van der Waals surface area contributed by atoms with Crippen molar-refractivity contribution in [2.45, 2.75) is 6.17 Å². The number of aliphatic hydroxyl groups excluding tert-OH is 1. The smallest absolute Gasteiger partial charge is 0.184 e. The zero-order chi connectivity index (χ0) is 15.9. The molecule has 0 aliphatic heterocycles. The highest BCUT2D eigenvalue weighted by atomic mass is 19.2. The standard InChI is InChI=1S/C16H8F3NO2/c17-9-4-8(7-20)5-10(6-9)22-12-3-1-2-11-13(12)14(18)15(19)16(11)21/h1-6,14,21H. The second-order valence-electron chi connectivity index (χ2n) is 4.67. The Morgan fingerprint density at radius 1 is 1.18 bits per heavy atom. The Bertz CT molecular complexity index is 840. The van der Waals surface area contributed by atoms with Crippen LogP contribution in [-0.2, 0) is 0 Å². The predicted octanol–water partition coefficient (Wildman–Crippen LogP) is 4.71. The fourth-order valence-corrected chi connectivity index (χ4v) is 2.29. The molecule has 0 amide bonds. The lowest BCUT2D eigenvalue weighted by molar-refractivity contribution is 0.326. The number of hydrogen-bond acceptors (Lipinski definition) is 3. The normalized spacial score (nSPS) is 16.4. The Labute approximate surface area is 123 Å². The van der Waals surface area contributed by atoms with Gasteiger partial charge < -0.3 is 9.84 Å². The van der Waals surface area contributed by atoms with E-state index in [1.54, 1.807) is 6.07 Å². The molecule has 6 heteroatoms. The van der Waals surface area contributed by atoms with Gasteiger partial charge in [0.15, 0.2) is 17.8 Å². The lowest BCUT2D eigenvalue weighted by Crippen LogP contribution is -1.95. The molecule has 0 saturated heterocycles. The molecule has 0 saturated carbocycles. The van der Waals surface area contributed by atoms with Crippen molar-refractivity contribution in [1.29, 1.82) is 5.26 Å². The lowest BCUT2D eigenvalue weighted by atomic mass is 10.1. The minimum Gasteiger partial charge on any atom is -0.505 e. The van der Waals surface area contributed by atoms with Gasteiger partial charge in [-0.2, -0.15) is 5.26 Å². The van der Waals surface area contributed by atoms with E-state index in [-0.39, 0.29) is 28.2 Å². The molecule has 0 fully saturated rings. The Morgan fingerprint density at radius 2 is 1.95 bits per heavy atom. The Balaban J connectivity index is 2.04. The number of halogens is 3. The molecule has 0 heterocycles. The summed E-state index contributed by atoms with van der Waals surface area (Å²) in [4.78, 5) is 0. The van der Waals surface area contributed by atoms with Crippen LogP contribution < -0.4 is 4.74 Å². The SMILES string of the molecule is N#Cc1cc(F)cc(Oc2cccc3c2C(F)C(F)=C3O)c1. The molecular weight excluding hydrogens is 295 g/mol. The summed E-state index contributed by atoms with van der Waals surface area (Å²) in [5.74, 6) is -2.83. The number of benzene rings is 2. The van der Waals surface area contributed by atoms with E-state index < -0.39 is 23.6 Å². The Hall–Kier alpha value is -2.94. The quantitative estimate of drug-likeness (QED) is 0.874. The van der Waals surface area contributed by atoms with Gasteiger partial charge in [-0.25, -0.2) is 13.2 Å². The van der Waals surface area contributed by atoms with Gasteiger partial charge in [-0.1, -0.05) is 12.1 Å². The van der Waals surface area contributed by atoms with E-state index in [4.69, 9.17) is 10.00 Å². The topological polar surface area (TPSA) is 53.2 Å². The maximum atomic E-state index is 13.9. The average Bonchev–Trinajstić information content (AvgIpc) is 2.72. The van der Waals surface area contributed by atoms with Crippen molar-refractivity contribution in [3.05, 3.63) is 64.7 Å². The van der Waals surface area contributed by atoms with E-state index in [9.17, 15) is 18.3 Å². The second kappa shape index (κ2) is 5.11. The fraction of sp³-hybridized carbons (Fsp3) is 0.0625. The molecule has 1 atom stereocenters. The molecule has 1 N–H and O–H groups in total. The van der Waals surface area contributed by atoms with Gasteiger partial charge in [0.25, 0.3) is 0 Å². The number of ether oxygens (including phenoxy) is 1. The molecule has 0 aromatic heterocycles. The fourth-order valence-electron chi connectivity index (χ4n) is 2.29. The molecule has 1 aliphatic carbocycles. The minimum absolute atomic E-state index is 0.0144. The first-order chi connectivity index (χ1) is 10.5. The molecule has 2 aromatic rings. The zero-order valence-electron chi connectivity index (χ0n) is 11.0. The van der Waals surface area contributed by atoms with Gasteiger partial charge in [-0.15, -0.1) is 0 Å². The third-order valence-corrected chi connectivity index (χ3v) is 3.25. The highest BCUT2D eigenvalue weighted by Crippen LogP contribution is 2.47. The number of fused-ring (bicyclic) bond motifs is 1. The van der Waals surface area contributed by atoms with Crippen LogP contribution in [-0.4, -0.2) is 5.11 Å². The van der Waals surface area contributed by atoms with Gasteiger partial charge in [0.2, 0.25) is 0 Å². The predicted molar refractivity (Wildman–Crippen MR) is 72.1 cm³/mol. The Kier molecular flexibility index (Phi) is 3.26. The third-order valence-electron chi connectivity index (χ3n) is 3.25. The molecule has 3 rings (SSSR count). The van der Waals surface area contributed by atoms with E-state index in [1.165, 1.54) is 24.3 Å². The van der Waals surface area contributed by atoms with Crippen molar-refractivity contribution < 1.29 is 23.0 Å². The molecular formula is C16H8F3NO2. The molecule has 22 heavy (non-hydrogen) atoms. The maximum Gasteiger partial charge on any atom is 0.184 e. The van der Waals surface area contributed by atoms with Crippen LogP contribution >= 0.6 is 0 Å². The monoisotopic (exact) mass is 303 g/mol. The maximum absolute atomic E-state index is 13.9. The number of allylic oxidation sites excluding steroid dienone is 1. The van der Waals surface area contributed by atoms with Gasteiger partial charge in [-0.05, 0) is 18.2 Å². The molecule has 2 aromatic carbocycles. The van der Waals surface area contributed by atoms with Crippen LogP contribution in [0.15, 0.2) is 42.2 Å². The number of aliphatic hydroxyl groups is 1. The van der Waals surface area contributed by atoms with Crippen molar-refractivity contribution in [2.75, 3.05) is 0 Å². The summed E-state index contributed by atoms with van der Waals surface area (Å²) in [6.45, 7) is 0. The van der Waals surface area contributed by atoms with E-state index in [2.05, 4.69) is 0 Å². The average molecular weight is 303 g/mol. The number of hydrogen-bond donors (Lipinski definition) is 1. The van der Waals surface area contributed by atoms with Crippen LogP contribution in [0.2, 0.25) is 0 Å². The van der Waals surface area contributed by atoms with Crippen LogP contribution in [0.4, 0.5) is 13.2 Å². The zero-order valence-corrected chi connectivity index (χ0v) is 11.0. The van der Waals surface area contributed by atoms with E-state index >= 15 is 0 Å². The van der Waals surface area contributed by atoms with Crippen LogP contribution in [0, 0.1) is 17.1 Å². The first-order valence-electron chi connectivity index (χ1n) is 6.26.